The minimum atomic E-state index is -3.70. The number of nitrogens with one attached hydrogen (secondary N) is 1. The van der Waals surface area contributed by atoms with E-state index in [1.54, 1.807) is 39.2 Å². The highest BCUT2D eigenvalue weighted by Gasteiger charge is 2.44. The molecule has 1 N–H and O–H groups in total. The molecule has 5 atom stereocenters. The number of hydrogen-bond donors (Lipinski definition) is 1. The monoisotopic (exact) mass is 655 g/mol. The van der Waals surface area contributed by atoms with Gasteiger partial charge in [0.05, 0.1) is 29.9 Å². The molecule has 2 aromatic rings. The van der Waals surface area contributed by atoms with Crippen molar-refractivity contribution in [1.82, 2.24) is 4.72 Å². The summed E-state index contributed by atoms with van der Waals surface area (Å²) in [7, 11) is -1.97. The number of halogens is 1. The highest BCUT2D eigenvalue weighted by atomic mass is 35.5. The van der Waals surface area contributed by atoms with Crippen LogP contribution in [0.4, 0.5) is 5.69 Å². The second-order valence-corrected chi connectivity index (χ2v) is 15.6. The molecule has 2 amide bonds. The maximum absolute atomic E-state index is 14.5. The van der Waals surface area contributed by atoms with Crippen LogP contribution in [0.15, 0.2) is 57.8 Å². The van der Waals surface area contributed by atoms with Gasteiger partial charge in [0.1, 0.15) is 11.4 Å². The normalized spacial score (nSPS) is 31.7. The lowest BCUT2D eigenvalue weighted by atomic mass is 9.68. The van der Waals surface area contributed by atoms with Crippen molar-refractivity contribution >= 4 is 39.0 Å². The molecule has 1 unspecified atom stereocenters. The van der Waals surface area contributed by atoms with E-state index in [0.29, 0.717) is 30.7 Å². The van der Waals surface area contributed by atoms with Gasteiger partial charge >= 0.3 is 0 Å². The lowest BCUT2D eigenvalue weighted by Gasteiger charge is -2.46. The number of benzene rings is 2. The predicted octanol–water partition coefficient (Wildman–Crippen LogP) is 5.62. The largest absolute Gasteiger partial charge is 0.490 e. The lowest BCUT2D eigenvalue weighted by Crippen LogP contribution is -2.49. The van der Waals surface area contributed by atoms with Crippen LogP contribution in [0.5, 0.6) is 5.75 Å². The topological polar surface area (TPSA) is 107 Å². The number of amides is 2. The summed E-state index contributed by atoms with van der Waals surface area (Å²) < 4.78 is 39.5. The maximum atomic E-state index is 14.5. The molecule has 0 aromatic heterocycles. The molecule has 1 saturated carbocycles. The van der Waals surface area contributed by atoms with Crippen molar-refractivity contribution < 1.29 is 28.0 Å². The third-order valence-corrected chi connectivity index (χ3v) is 11.9. The van der Waals surface area contributed by atoms with Crippen molar-refractivity contribution in [3.05, 3.63) is 64.7 Å². The van der Waals surface area contributed by atoms with Crippen molar-refractivity contribution in [3.63, 3.8) is 0 Å². The molecule has 45 heavy (non-hydrogen) atoms. The second-order valence-electron chi connectivity index (χ2n) is 13.3. The molecule has 2 heterocycles. The van der Waals surface area contributed by atoms with Gasteiger partial charge in [-0.25, -0.2) is 4.21 Å². The molecule has 2 aliphatic carbocycles. The van der Waals surface area contributed by atoms with Crippen LogP contribution in [-0.2, 0) is 40.8 Å². The predicted molar refractivity (Wildman–Crippen MR) is 174 cm³/mol. The van der Waals surface area contributed by atoms with Crippen LogP contribution in [0.1, 0.15) is 57.6 Å². The Morgan fingerprint density at radius 3 is 2.76 bits per heavy atom. The van der Waals surface area contributed by atoms with Gasteiger partial charge in [-0.05, 0) is 99.2 Å². The number of methoxy groups -OCH3 is 1. The van der Waals surface area contributed by atoms with Crippen molar-refractivity contribution in [2.75, 3.05) is 38.3 Å². The Kier molecular flexibility index (Phi) is 8.80. The first-order valence-corrected chi connectivity index (χ1v) is 17.6. The van der Waals surface area contributed by atoms with Crippen LogP contribution in [-0.4, -0.2) is 61.1 Å². The van der Waals surface area contributed by atoms with Gasteiger partial charge in [0.15, 0.2) is 9.92 Å². The van der Waals surface area contributed by atoms with Crippen molar-refractivity contribution in [3.8, 4) is 5.75 Å². The molecule has 6 rings (SSSR count). The average Bonchev–Trinajstić information content (AvgIpc) is 3.12. The summed E-state index contributed by atoms with van der Waals surface area (Å²) in [4.78, 5) is 28.3. The number of rotatable bonds is 2. The molecule has 1 spiro atoms. The SMILES string of the molecule is CO[C@@H]1/C=C/COC(C)(C)C(=O)N=S(=O)(NC(C)=O)c2ccc3c(c2)N(C[C@@H]2CC[C@H]21)C[C@@]1(CCCc2cc(Cl)ccc21)CO3. The number of hydrogen-bond acceptors (Lipinski definition) is 7. The minimum absolute atomic E-state index is 0.0946. The van der Waals surface area contributed by atoms with Gasteiger partial charge in [0.2, 0.25) is 5.91 Å². The van der Waals surface area contributed by atoms with Crippen molar-refractivity contribution in [2.45, 2.75) is 74.9 Å². The molecular weight excluding hydrogens is 614 g/mol. The van der Waals surface area contributed by atoms with Gasteiger partial charge < -0.3 is 19.1 Å². The van der Waals surface area contributed by atoms with Crippen LogP contribution >= 0.6 is 11.6 Å². The van der Waals surface area contributed by atoms with E-state index in [1.807, 2.05) is 18.2 Å². The molecule has 242 valence electrons. The first kappa shape index (κ1) is 32.0. The Morgan fingerprint density at radius 1 is 1.20 bits per heavy atom. The van der Waals surface area contributed by atoms with Gasteiger partial charge in [-0.15, -0.1) is 4.36 Å². The van der Waals surface area contributed by atoms with E-state index in [9.17, 15) is 13.8 Å². The molecule has 0 saturated heterocycles. The van der Waals surface area contributed by atoms with Gasteiger partial charge in [0.25, 0.3) is 5.91 Å². The summed E-state index contributed by atoms with van der Waals surface area (Å²) in [5, 5.41) is 0.730. The summed E-state index contributed by atoms with van der Waals surface area (Å²) in [6, 6.07) is 11.4. The Labute approximate surface area is 270 Å². The number of fused-ring (bicyclic) bond motifs is 4. The molecule has 2 bridgehead atoms. The number of ether oxygens (including phenoxy) is 3. The second kappa shape index (κ2) is 12.4. The standard InChI is InChI=1S/C34H42ClN3O6S/c1-22(39)36-45(41)26-11-14-31-29(18-26)38(20-34(21-43-31)15-5-7-23-17-25(35)10-13-28(23)34)19-24-9-12-27(24)30(42-4)8-6-16-44-33(2,3)32(40)37-45/h6,8,10-11,13-14,17-18,24,27,30H,5,7,9,12,15-16,19-21H2,1-4H3,(H,36,37,39,40,41)/b8-6+/t24-,27+,30+,34-,45?/m0/s1. The summed E-state index contributed by atoms with van der Waals surface area (Å²) >= 11 is 6.43. The maximum Gasteiger partial charge on any atom is 0.287 e. The van der Waals surface area contributed by atoms with Crippen molar-refractivity contribution in [1.29, 1.82) is 0 Å². The van der Waals surface area contributed by atoms with E-state index < -0.39 is 27.3 Å². The molecule has 11 heteroatoms. The summed E-state index contributed by atoms with van der Waals surface area (Å²) in [6.45, 7) is 6.49. The summed E-state index contributed by atoms with van der Waals surface area (Å²) in [6.07, 6.45) is 8.83. The molecule has 4 aliphatic rings. The van der Waals surface area contributed by atoms with Crippen LogP contribution < -0.4 is 14.4 Å². The molecule has 2 aromatic carbocycles. The van der Waals surface area contributed by atoms with Crippen LogP contribution in [0.2, 0.25) is 5.02 Å². The number of anilines is 1. The molecular formula is C34H42ClN3O6S. The van der Waals surface area contributed by atoms with Crippen LogP contribution in [0, 0.1) is 11.8 Å². The van der Waals surface area contributed by atoms with Gasteiger partial charge in [-0.3, -0.25) is 14.3 Å². The number of nitrogens with zero attached hydrogens (tertiary/aromatic N) is 2. The quantitative estimate of drug-likeness (QED) is 0.419. The third-order valence-electron chi connectivity index (χ3n) is 9.83. The van der Waals surface area contributed by atoms with E-state index in [4.69, 9.17) is 25.8 Å². The fourth-order valence-electron chi connectivity index (χ4n) is 7.26. The van der Waals surface area contributed by atoms with Gasteiger partial charge in [-0.2, -0.15) is 0 Å². The van der Waals surface area contributed by atoms with E-state index in [1.165, 1.54) is 18.1 Å². The number of carbonyl (C=O) groups excluding carboxylic acids is 2. The Morgan fingerprint density at radius 2 is 2.02 bits per heavy atom. The first-order valence-electron chi connectivity index (χ1n) is 15.7. The zero-order valence-corrected chi connectivity index (χ0v) is 27.9. The first-order chi connectivity index (χ1) is 21.4. The zero-order valence-electron chi connectivity index (χ0n) is 26.3. The van der Waals surface area contributed by atoms with Crippen molar-refractivity contribution in [2.24, 2.45) is 16.2 Å². The number of aryl methyl sites for hydroxylation is 1. The molecule has 0 radical (unpaired) electrons. The van der Waals surface area contributed by atoms with Crippen LogP contribution in [0.25, 0.3) is 0 Å². The third kappa shape index (κ3) is 6.26. The fraction of sp³-hybridized carbons (Fsp3) is 0.529. The zero-order chi connectivity index (χ0) is 32.0. The van der Waals surface area contributed by atoms with Crippen LogP contribution in [0.3, 0.4) is 0 Å². The molecule has 9 nitrogen and oxygen atoms in total. The average molecular weight is 656 g/mol. The lowest BCUT2D eigenvalue weighted by molar-refractivity contribution is -0.137. The summed E-state index contributed by atoms with van der Waals surface area (Å²) in [5.41, 5.74) is 1.61. The molecule has 1 fully saturated rings. The minimum Gasteiger partial charge on any atom is -0.490 e. The fourth-order valence-corrected chi connectivity index (χ4v) is 9.09. The highest BCUT2D eigenvalue weighted by Crippen LogP contribution is 2.47. The Hall–Kier alpha value is -2.92. The van der Waals surface area contributed by atoms with E-state index in [2.05, 4.69) is 26.1 Å². The number of carbonyl (C=O) groups is 2. The summed E-state index contributed by atoms with van der Waals surface area (Å²) in [5.74, 6) is 0.0161. The molecule has 2 aliphatic heterocycles. The van der Waals surface area contributed by atoms with Gasteiger partial charge in [-0.1, -0.05) is 29.8 Å². The van der Waals surface area contributed by atoms with E-state index in [0.717, 1.165) is 49.4 Å². The highest BCUT2D eigenvalue weighted by molar-refractivity contribution is 7.92. The van der Waals surface area contributed by atoms with E-state index in [-0.39, 0.29) is 23.0 Å². The van der Waals surface area contributed by atoms with E-state index >= 15 is 0 Å². The Bertz CT molecular complexity index is 1650. The Balaban J connectivity index is 1.51. The smallest absolute Gasteiger partial charge is 0.287 e. The van der Waals surface area contributed by atoms with Gasteiger partial charge in [0, 0.05) is 37.6 Å².